The van der Waals surface area contributed by atoms with Crippen LogP contribution in [-0.2, 0) is 16.1 Å². The van der Waals surface area contributed by atoms with Gasteiger partial charge in [0.1, 0.15) is 18.4 Å². The van der Waals surface area contributed by atoms with Crippen molar-refractivity contribution in [1.82, 2.24) is 14.8 Å². The molecule has 1 aliphatic heterocycles. The second kappa shape index (κ2) is 14.0. The Morgan fingerprint density at radius 3 is 2.50 bits per heavy atom. The van der Waals surface area contributed by atoms with E-state index in [-0.39, 0.29) is 12.6 Å². The minimum absolute atomic E-state index is 0.205. The monoisotopic (exact) mass is 534 g/mol. The molecule has 0 bridgehead atoms. The van der Waals surface area contributed by atoms with Gasteiger partial charge in [0, 0.05) is 11.4 Å². The van der Waals surface area contributed by atoms with Crippen molar-refractivity contribution < 1.29 is 14.3 Å². The number of aromatic nitrogens is 3. The van der Waals surface area contributed by atoms with Crippen LogP contribution >= 0.6 is 11.8 Å². The number of unbranched alkanes of at least 4 members (excludes halogenated alkanes) is 4. The lowest BCUT2D eigenvalue weighted by atomic mass is 9.95. The minimum Gasteiger partial charge on any atom is -0.494 e. The van der Waals surface area contributed by atoms with Crippen LogP contribution in [0.3, 0.4) is 0 Å². The van der Waals surface area contributed by atoms with E-state index in [2.05, 4.69) is 19.2 Å². The molecule has 1 aliphatic rings. The number of nitrogens with zero attached hydrogens (tertiary/aromatic N) is 3. The predicted octanol–water partition coefficient (Wildman–Crippen LogP) is 7.16. The summed E-state index contributed by atoms with van der Waals surface area (Å²) in [7, 11) is 0. The minimum atomic E-state index is -0.457. The third-order valence-electron chi connectivity index (χ3n) is 6.46. The summed E-state index contributed by atoms with van der Waals surface area (Å²) in [6, 6.07) is 17.2. The van der Waals surface area contributed by atoms with Crippen molar-refractivity contribution in [2.24, 2.45) is 0 Å². The number of hydrogen-bond acceptors (Lipinski definition) is 7. The van der Waals surface area contributed by atoms with E-state index in [0.29, 0.717) is 29.0 Å². The number of fused-ring (bicyclic) bond motifs is 1. The molecule has 1 atom stereocenters. The smallest absolute Gasteiger partial charge is 0.338 e. The van der Waals surface area contributed by atoms with Gasteiger partial charge in [-0.25, -0.2) is 9.48 Å². The number of rotatable bonds is 14. The number of thioether (sulfide) groups is 1. The molecule has 0 amide bonds. The fourth-order valence-corrected chi connectivity index (χ4v) is 5.25. The maximum atomic E-state index is 13.5. The van der Waals surface area contributed by atoms with Gasteiger partial charge in [-0.3, -0.25) is 0 Å². The first-order valence-corrected chi connectivity index (χ1v) is 14.6. The first kappa shape index (κ1) is 27.8. The van der Waals surface area contributed by atoms with Crippen molar-refractivity contribution in [3.63, 3.8) is 0 Å². The molecule has 0 fully saturated rings. The Hall–Kier alpha value is -3.26. The lowest BCUT2D eigenvalue weighted by Crippen LogP contribution is -2.29. The first-order chi connectivity index (χ1) is 18.6. The highest BCUT2D eigenvalue weighted by Gasteiger charge is 2.35. The second-order valence-corrected chi connectivity index (χ2v) is 10.5. The van der Waals surface area contributed by atoms with Gasteiger partial charge in [0.15, 0.2) is 0 Å². The van der Waals surface area contributed by atoms with Gasteiger partial charge in [0.05, 0.1) is 12.2 Å². The molecule has 8 heteroatoms. The highest BCUT2D eigenvalue weighted by molar-refractivity contribution is 7.99. The van der Waals surface area contributed by atoms with Crippen LogP contribution in [0.1, 0.15) is 76.5 Å². The highest BCUT2D eigenvalue weighted by Crippen LogP contribution is 2.37. The number of anilines is 1. The summed E-state index contributed by atoms with van der Waals surface area (Å²) >= 11 is 1.63. The Morgan fingerprint density at radius 2 is 1.76 bits per heavy atom. The molecular formula is C30H38N4O3S. The normalized spacial score (nSPS) is 14.7. The summed E-state index contributed by atoms with van der Waals surface area (Å²) in [6.07, 6.45) is 6.87. The topological polar surface area (TPSA) is 78.3 Å². The number of carbonyl (C=O) groups excluding carboxylic acids is 1. The van der Waals surface area contributed by atoms with Crippen LogP contribution < -0.4 is 10.1 Å². The fourth-order valence-electron chi connectivity index (χ4n) is 4.34. The summed E-state index contributed by atoms with van der Waals surface area (Å²) in [6.45, 7) is 7.17. The summed E-state index contributed by atoms with van der Waals surface area (Å²) < 4.78 is 13.5. The number of esters is 1. The van der Waals surface area contributed by atoms with Gasteiger partial charge in [0.25, 0.3) is 0 Å². The number of hydrogen-bond donors (Lipinski definition) is 1. The van der Waals surface area contributed by atoms with Crippen molar-refractivity contribution in [2.75, 3.05) is 17.7 Å². The quantitative estimate of drug-likeness (QED) is 0.133. The third kappa shape index (κ3) is 7.19. The maximum Gasteiger partial charge on any atom is 0.338 e. The van der Waals surface area contributed by atoms with Crippen LogP contribution in [-0.4, -0.2) is 33.1 Å². The molecule has 2 aromatic carbocycles. The SMILES string of the molecule is CCCCCCOc1ccc(C2C(C(=O)OCc3ccccc3)=C(C)Nc3nc(SCCCC)nn32)cc1. The van der Waals surface area contributed by atoms with Gasteiger partial charge in [-0.2, -0.15) is 4.98 Å². The summed E-state index contributed by atoms with van der Waals surface area (Å²) in [5.74, 6) is 2.03. The molecule has 202 valence electrons. The van der Waals surface area contributed by atoms with Crippen molar-refractivity contribution >= 4 is 23.7 Å². The number of ether oxygens (including phenoxy) is 2. The summed E-state index contributed by atoms with van der Waals surface area (Å²) in [4.78, 5) is 18.2. The van der Waals surface area contributed by atoms with Crippen molar-refractivity contribution in [2.45, 2.75) is 77.1 Å². The molecule has 0 saturated heterocycles. The summed E-state index contributed by atoms with van der Waals surface area (Å²) in [5.41, 5.74) is 3.11. The van der Waals surface area contributed by atoms with E-state index in [4.69, 9.17) is 19.6 Å². The molecule has 1 N–H and O–H groups in total. The zero-order valence-corrected chi connectivity index (χ0v) is 23.4. The lowest BCUT2D eigenvalue weighted by Gasteiger charge is -2.28. The Labute approximate surface area is 230 Å². The molecule has 7 nitrogen and oxygen atoms in total. The van der Waals surface area contributed by atoms with E-state index in [1.807, 2.05) is 61.5 Å². The van der Waals surface area contributed by atoms with E-state index in [1.54, 1.807) is 16.4 Å². The van der Waals surface area contributed by atoms with Gasteiger partial charge >= 0.3 is 5.97 Å². The van der Waals surface area contributed by atoms with Crippen LogP contribution in [0.5, 0.6) is 5.75 Å². The molecule has 2 heterocycles. The molecule has 1 aromatic heterocycles. The Balaban J connectivity index is 1.57. The van der Waals surface area contributed by atoms with E-state index in [9.17, 15) is 4.79 Å². The predicted molar refractivity (Wildman–Crippen MR) is 152 cm³/mol. The Kier molecular flexibility index (Phi) is 10.3. The summed E-state index contributed by atoms with van der Waals surface area (Å²) in [5, 5.41) is 8.78. The van der Waals surface area contributed by atoms with E-state index < -0.39 is 6.04 Å². The lowest BCUT2D eigenvalue weighted by molar-refractivity contribution is -0.140. The Bertz CT molecular complexity index is 1210. The van der Waals surface area contributed by atoms with Gasteiger partial charge in [-0.05, 0) is 43.0 Å². The molecule has 38 heavy (non-hydrogen) atoms. The fraction of sp³-hybridized carbons (Fsp3) is 0.433. The van der Waals surface area contributed by atoms with E-state index >= 15 is 0 Å². The third-order valence-corrected chi connectivity index (χ3v) is 7.38. The van der Waals surface area contributed by atoms with Crippen molar-refractivity contribution in [1.29, 1.82) is 0 Å². The zero-order chi connectivity index (χ0) is 26.7. The average Bonchev–Trinajstić information content (AvgIpc) is 3.34. The molecule has 0 saturated carbocycles. The highest BCUT2D eigenvalue weighted by atomic mass is 32.2. The molecule has 0 radical (unpaired) electrons. The standard InChI is InChI=1S/C30H38N4O3S/c1-4-6-8-12-19-36-25-17-15-24(16-18-25)27-26(28(35)37-21-23-13-10-9-11-14-23)22(3)31-29-32-30(33-34(27)29)38-20-7-5-2/h9-11,13-18,27H,4-8,12,19-21H2,1-3H3,(H,31,32,33). The number of nitrogens with one attached hydrogen (secondary N) is 1. The zero-order valence-electron chi connectivity index (χ0n) is 22.6. The van der Waals surface area contributed by atoms with Crippen LogP contribution in [0.4, 0.5) is 5.95 Å². The number of allylic oxidation sites excluding steroid dienone is 1. The van der Waals surface area contributed by atoms with Crippen LogP contribution in [0, 0.1) is 0 Å². The van der Waals surface area contributed by atoms with Crippen LogP contribution in [0.2, 0.25) is 0 Å². The number of carbonyl (C=O) groups is 1. The molecule has 1 unspecified atom stereocenters. The van der Waals surface area contributed by atoms with E-state index in [1.165, 1.54) is 19.3 Å². The maximum absolute atomic E-state index is 13.5. The molecule has 4 rings (SSSR count). The van der Waals surface area contributed by atoms with Crippen molar-refractivity contribution in [3.8, 4) is 5.75 Å². The molecule has 0 aliphatic carbocycles. The van der Waals surface area contributed by atoms with Crippen LogP contribution in [0.25, 0.3) is 0 Å². The second-order valence-electron chi connectivity index (χ2n) is 9.47. The van der Waals surface area contributed by atoms with E-state index in [0.717, 1.165) is 41.9 Å². The number of benzene rings is 2. The average molecular weight is 535 g/mol. The van der Waals surface area contributed by atoms with Gasteiger partial charge in [-0.15, -0.1) is 5.10 Å². The largest absolute Gasteiger partial charge is 0.494 e. The molecule has 3 aromatic rings. The first-order valence-electron chi connectivity index (χ1n) is 13.6. The Morgan fingerprint density at radius 1 is 1.00 bits per heavy atom. The molecule has 0 spiro atoms. The van der Waals surface area contributed by atoms with Crippen molar-refractivity contribution in [3.05, 3.63) is 77.0 Å². The van der Waals surface area contributed by atoms with Crippen LogP contribution in [0.15, 0.2) is 71.0 Å². The van der Waals surface area contributed by atoms with Gasteiger partial charge in [0.2, 0.25) is 11.1 Å². The van der Waals surface area contributed by atoms with Gasteiger partial charge < -0.3 is 14.8 Å². The molecular weight excluding hydrogens is 496 g/mol. The van der Waals surface area contributed by atoms with Gasteiger partial charge in [-0.1, -0.05) is 93.8 Å².